The maximum Gasteiger partial charge on any atom is 0.416 e. The molecule has 1 saturated heterocycles. The standard InChI is InChI=1S/C22H19F3N4O2S/c1-14-5-2-3-6-15(14)13-28-9-10-29(21(28)31)20-26-12-18(32-20)19(30)27-17-8-4-7-16(11-17)22(23,24)25/h2-8,11-12H,9-10,13H2,1H3,(H,27,30). The largest absolute Gasteiger partial charge is 0.416 e. The molecule has 0 spiro atoms. The SMILES string of the molecule is Cc1ccccc1CN1CCN(c2ncc(C(=O)Nc3cccc(C(F)(F)F)c3)s2)C1=O. The first kappa shape index (κ1) is 21.8. The quantitative estimate of drug-likeness (QED) is 0.572. The van der Waals surface area contributed by atoms with E-state index in [-0.39, 0.29) is 16.6 Å². The van der Waals surface area contributed by atoms with Gasteiger partial charge in [0.05, 0.1) is 11.8 Å². The Hall–Kier alpha value is -3.40. The van der Waals surface area contributed by atoms with E-state index in [2.05, 4.69) is 10.3 Å². The number of benzene rings is 2. The number of aryl methyl sites for hydroxylation is 1. The van der Waals surface area contributed by atoms with E-state index in [0.717, 1.165) is 34.6 Å². The average molecular weight is 460 g/mol. The second kappa shape index (κ2) is 8.62. The molecule has 0 bridgehead atoms. The minimum absolute atomic E-state index is 0.0291. The molecule has 0 atom stereocenters. The Morgan fingerprint density at radius 1 is 1.16 bits per heavy atom. The minimum atomic E-state index is -4.50. The van der Waals surface area contributed by atoms with Crippen LogP contribution in [0.3, 0.4) is 0 Å². The first-order valence-corrected chi connectivity index (χ1v) is 10.6. The predicted octanol–water partition coefficient (Wildman–Crippen LogP) is 5.16. The van der Waals surface area contributed by atoms with Gasteiger partial charge in [-0.1, -0.05) is 41.7 Å². The summed E-state index contributed by atoms with van der Waals surface area (Å²) in [6.45, 7) is 3.44. The Bertz CT molecular complexity index is 1160. The molecule has 1 aliphatic rings. The van der Waals surface area contributed by atoms with Crippen molar-refractivity contribution in [3.8, 4) is 0 Å². The number of anilines is 2. The number of nitrogens with one attached hydrogen (secondary N) is 1. The molecule has 4 rings (SSSR count). The Morgan fingerprint density at radius 3 is 2.69 bits per heavy atom. The lowest BCUT2D eigenvalue weighted by atomic mass is 10.1. The predicted molar refractivity (Wildman–Crippen MR) is 116 cm³/mol. The number of alkyl halides is 3. The average Bonchev–Trinajstić information content (AvgIpc) is 3.37. The Labute approximate surface area is 186 Å². The second-order valence-corrected chi connectivity index (χ2v) is 8.33. The van der Waals surface area contributed by atoms with Crippen molar-refractivity contribution >= 4 is 34.1 Å². The van der Waals surface area contributed by atoms with Gasteiger partial charge in [-0.3, -0.25) is 9.69 Å². The summed E-state index contributed by atoms with van der Waals surface area (Å²) >= 11 is 1.02. The van der Waals surface area contributed by atoms with Gasteiger partial charge < -0.3 is 10.2 Å². The van der Waals surface area contributed by atoms with Gasteiger partial charge in [0, 0.05) is 25.3 Å². The van der Waals surface area contributed by atoms with E-state index < -0.39 is 17.6 Å². The number of thiazole rings is 1. The maximum absolute atomic E-state index is 12.9. The Kier molecular flexibility index (Phi) is 5.88. The molecular formula is C22H19F3N4O2S. The molecule has 0 radical (unpaired) electrons. The maximum atomic E-state index is 12.9. The van der Waals surface area contributed by atoms with Gasteiger partial charge in [-0.05, 0) is 36.2 Å². The highest BCUT2D eigenvalue weighted by atomic mass is 32.1. The fraction of sp³-hybridized carbons (Fsp3) is 0.227. The van der Waals surface area contributed by atoms with E-state index in [0.29, 0.717) is 24.8 Å². The highest BCUT2D eigenvalue weighted by Gasteiger charge is 2.32. The van der Waals surface area contributed by atoms with Gasteiger partial charge in [0.25, 0.3) is 5.91 Å². The molecule has 32 heavy (non-hydrogen) atoms. The van der Waals surface area contributed by atoms with Crippen LogP contribution in [0.4, 0.5) is 28.8 Å². The number of urea groups is 1. The number of halogens is 3. The third-order valence-corrected chi connectivity index (χ3v) is 6.13. The van der Waals surface area contributed by atoms with E-state index in [9.17, 15) is 22.8 Å². The van der Waals surface area contributed by atoms with Crippen LogP contribution in [0.2, 0.25) is 0 Å². The van der Waals surface area contributed by atoms with Crippen molar-refractivity contribution in [2.24, 2.45) is 0 Å². The summed E-state index contributed by atoms with van der Waals surface area (Å²) in [6, 6.07) is 12.0. The fourth-order valence-electron chi connectivity index (χ4n) is 3.36. The first-order valence-electron chi connectivity index (χ1n) is 9.78. The lowest BCUT2D eigenvalue weighted by Crippen LogP contribution is -2.31. The molecule has 2 heterocycles. The van der Waals surface area contributed by atoms with Crippen LogP contribution in [0.25, 0.3) is 0 Å². The van der Waals surface area contributed by atoms with E-state index in [4.69, 9.17) is 0 Å². The third kappa shape index (κ3) is 4.59. The zero-order chi connectivity index (χ0) is 22.9. The molecule has 10 heteroatoms. The van der Waals surface area contributed by atoms with Crippen LogP contribution < -0.4 is 10.2 Å². The van der Waals surface area contributed by atoms with Crippen molar-refractivity contribution in [1.29, 1.82) is 0 Å². The van der Waals surface area contributed by atoms with E-state index >= 15 is 0 Å². The minimum Gasteiger partial charge on any atom is -0.321 e. The van der Waals surface area contributed by atoms with E-state index in [1.54, 1.807) is 4.90 Å². The summed E-state index contributed by atoms with van der Waals surface area (Å²) in [5, 5.41) is 2.82. The molecule has 2 aromatic carbocycles. The number of carbonyl (C=O) groups is 2. The summed E-state index contributed by atoms with van der Waals surface area (Å²) in [5.74, 6) is -0.587. The lowest BCUT2D eigenvalue weighted by molar-refractivity contribution is -0.137. The summed E-state index contributed by atoms with van der Waals surface area (Å²) in [4.78, 5) is 32.9. The molecule has 1 aliphatic heterocycles. The Morgan fingerprint density at radius 2 is 1.94 bits per heavy atom. The van der Waals surface area contributed by atoms with E-state index in [1.807, 2.05) is 31.2 Å². The normalized spacial score (nSPS) is 14.2. The number of amides is 3. The van der Waals surface area contributed by atoms with Gasteiger partial charge >= 0.3 is 12.2 Å². The molecule has 0 saturated carbocycles. The number of hydrogen-bond donors (Lipinski definition) is 1. The Balaban J connectivity index is 1.43. The zero-order valence-electron chi connectivity index (χ0n) is 17.0. The van der Waals surface area contributed by atoms with Crippen molar-refractivity contribution in [3.63, 3.8) is 0 Å². The van der Waals surface area contributed by atoms with Crippen molar-refractivity contribution in [2.75, 3.05) is 23.3 Å². The molecule has 0 aliphatic carbocycles. The van der Waals surface area contributed by atoms with Crippen LogP contribution in [-0.2, 0) is 12.7 Å². The number of carbonyl (C=O) groups excluding carboxylic acids is 2. The molecule has 1 N–H and O–H groups in total. The summed E-state index contributed by atoms with van der Waals surface area (Å²) in [7, 11) is 0. The highest BCUT2D eigenvalue weighted by molar-refractivity contribution is 7.17. The van der Waals surface area contributed by atoms with Crippen LogP contribution >= 0.6 is 11.3 Å². The molecule has 1 aromatic heterocycles. The smallest absolute Gasteiger partial charge is 0.321 e. The van der Waals surface area contributed by atoms with Crippen molar-refractivity contribution in [3.05, 3.63) is 76.3 Å². The van der Waals surface area contributed by atoms with Crippen molar-refractivity contribution in [2.45, 2.75) is 19.6 Å². The molecule has 166 valence electrons. The summed E-state index contributed by atoms with van der Waals surface area (Å²) in [5.41, 5.74) is 1.34. The van der Waals surface area contributed by atoms with Crippen molar-refractivity contribution < 1.29 is 22.8 Å². The lowest BCUT2D eigenvalue weighted by Gasteiger charge is -2.18. The van der Waals surface area contributed by atoms with Crippen LogP contribution in [0.1, 0.15) is 26.4 Å². The van der Waals surface area contributed by atoms with Gasteiger partial charge in [-0.25, -0.2) is 9.78 Å². The van der Waals surface area contributed by atoms with Crippen molar-refractivity contribution in [1.82, 2.24) is 9.88 Å². The van der Waals surface area contributed by atoms with Crippen LogP contribution in [-0.4, -0.2) is 34.9 Å². The zero-order valence-corrected chi connectivity index (χ0v) is 17.8. The van der Waals surface area contributed by atoms with Crippen LogP contribution in [0, 0.1) is 6.92 Å². The van der Waals surface area contributed by atoms with Gasteiger partial charge in [-0.15, -0.1) is 0 Å². The monoisotopic (exact) mass is 460 g/mol. The topological polar surface area (TPSA) is 65.5 Å². The molecule has 3 amide bonds. The third-order valence-electron chi connectivity index (χ3n) is 5.11. The van der Waals surface area contributed by atoms with Gasteiger partial charge in [-0.2, -0.15) is 13.2 Å². The number of nitrogens with zero attached hydrogens (tertiary/aromatic N) is 3. The number of hydrogen-bond acceptors (Lipinski definition) is 4. The number of aromatic nitrogens is 1. The molecule has 1 fully saturated rings. The van der Waals surface area contributed by atoms with Gasteiger partial charge in [0.2, 0.25) is 0 Å². The first-order chi connectivity index (χ1) is 15.2. The molecular weight excluding hydrogens is 441 g/mol. The second-order valence-electron chi connectivity index (χ2n) is 7.32. The number of rotatable bonds is 5. The van der Waals surface area contributed by atoms with Crippen LogP contribution in [0.5, 0.6) is 0 Å². The summed E-state index contributed by atoms with van der Waals surface area (Å²) in [6.07, 6.45) is -3.18. The van der Waals surface area contributed by atoms with Gasteiger partial charge in [0.1, 0.15) is 4.88 Å². The highest BCUT2D eigenvalue weighted by Crippen LogP contribution is 2.31. The van der Waals surface area contributed by atoms with Gasteiger partial charge in [0.15, 0.2) is 5.13 Å². The fourth-order valence-corrected chi connectivity index (χ4v) is 4.19. The molecule has 6 nitrogen and oxygen atoms in total. The molecule has 3 aromatic rings. The summed E-state index contributed by atoms with van der Waals surface area (Å²) < 4.78 is 38.6. The van der Waals surface area contributed by atoms with Crippen LogP contribution in [0.15, 0.2) is 54.7 Å². The van der Waals surface area contributed by atoms with E-state index in [1.165, 1.54) is 23.2 Å². The molecule has 0 unspecified atom stereocenters.